The lowest BCUT2D eigenvalue weighted by Gasteiger charge is -2.35. The summed E-state index contributed by atoms with van der Waals surface area (Å²) in [5.74, 6) is 1.84. The van der Waals surface area contributed by atoms with Crippen molar-refractivity contribution in [1.29, 1.82) is 0 Å². The summed E-state index contributed by atoms with van der Waals surface area (Å²) in [7, 11) is 2.07. The van der Waals surface area contributed by atoms with Crippen LogP contribution in [0.2, 0.25) is 0 Å². The van der Waals surface area contributed by atoms with Crippen molar-refractivity contribution in [3.63, 3.8) is 0 Å². The summed E-state index contributed by atoms with van der Waals surface area (Å²) in [6.07, 6.45) is 6.49. The van der Waals surface area contributed by atoms with Crippen LogP contribution in [-0.4, -0.2) is 34.7 Å². The Hall–Kier alpha value is -1.03. The molecule has 1 aliphatic heterocycles. The van der Waals surface area contributed by atoms with E-state index in [1.54, 1.807) is 0 Å². The molecule has 0 saturated carbocycles. The number of hydrogen-bond acceptors (Lipinski definition) is 3. The monoisotopic (exact) mass is 250 g/mol. The summed E-state index contributed by atoms with van der Waals surface area (Å²) in [6, 6.07) is 0. The van der Waals surface area contributed by atoms with Crippen LogP contribution in [0.25, 0.3) is 0 Å². The van der Waals surface area contributed by atoms with Gasteiger partial charge in [0, 0.05) is 44.6 Å². The number of nitrogens with zero attached hydrogens (tertiary/aromatic N) is 3. The topological polar surface area (TPSA) is 33.1 Å². The summed E-state index contributed by atoms with van der Waals surface area (Å²) in [5, 5.41) is 3.62. The maximum atomic E-state index is 4.45. The lowest BCUT2D eigenvalue weighted by molar-refractivity contribution is 0.333. The zero-order valence-corrected chi connectivity index (χ0v) is 12.1. The van der Waals surface area contributed by atoms with E-state index in [-0.39, 0.29) is 5.54 Å². The minimum absolute atomic E-state index is 0.214. The Kier molecular flexibility index (Phi) is 3.95. The second-order valence-corrected chi connectivity index (χ2v) is 6.42. The fourth-order valence-corrected chi connectivity index (χ4v) is 2.53. The first kappa shape index (κ1) is 13.4. The quantitative estimate of drug-likeness (QED) is 0.891. The lowest BCUT2D eigenvalue weighted by Crippen LogP contribution is -2.45. The van der Waals surface area contributed by atoms with E-state index < -0.39 is 0 Å². The van der Waals surface area contributed by atoms with Gasteiger partial charge >= 0.3 is 0 Å². The van der Waals surface area contributed by atoms with Crippen molar-refractivity contribution in [1.82, 2.24) is 14.9 Å². The molecule has 2 rings (SSSR count). The van der Waals surface area contributed by atoms with Crippen molar-refractivity contribution < 1.29 is 0 Å². The zero-order chi connectivity index (χ0) is 13.2. The minimum atomic E-state index is 0.214. The van der Waals surface area contributed by atoms with Gasteiger partial charge in [0.05, 0.1) is 0 Å². The molecule has 4 heteroatoms. The van der Waals surface area contributed by atoms with Crippen molar-refractivity contribution in [2.24, 2.45) is 13.0 Å². The first-order chi connectivity index (χ1) is 8.46. The van der Waals surface area contributed by atoms with Crippen LogP contribution in [0.4, 0.5) is 5.95 Å². The fraction of sp³-hybridized carbons (Fsp3) is 0.786. The van der Waals surface area contributed by atoms with Gasteiger partial charge in [-0.05, 0) is 39.5 Å². The molecule has 1 aliphatic rings. The maximum absolute atomic E-state index is 4.45. The van der Waals surface area contributed by atoms with Crippen LogP contribution in [0, 0.1) is 5.92 Å². The molecule has 0 aliphatic carbocycles. The van der Waals surface area contributed by atoms with Crippen LogP contribution in [-0.2, 0) is 7.05 Å². The summed E-state index contributed by atoms with van der Waals surface area (Å²) in [6.45, 7) is 10.0. The van der Waals surface area contributed by atoms with Crippen molar-refractivity contribution in [3.8, 4) is 0 Å². The first-order valence-corrected chi connectivity index (χ1v) is 6.93. The van der Waals surface area contributed by atoms with E-state index in [0.717, 1.165) is 31.5 Å². The maximum Gasteiger partial charge on any atom is 0.205 e. The van der Waals surface area contributed by atoms with Gasteiger partial charge in [0.2, 0.25) is 5.95 Å². The molecule has 1 aromatic heterocycles. The van der Waals surface area contributed by atoms with E-state index in [9.17, 15) is 0 Å². The van der Waals surface area contributed by atoms with Gasteiger partial charge in [0.25, 0.3) is 0 Å². The van der Waals surface area contributed by atoms with Gasteiger partial charge in [-0.25, -0.2) is 4.98 Å². The predicted molar refractivity (Wildman–Crippen MR) is 75.9 cm³/mol. The van der Waals surface area contributed by atoms with Crippen molar-refractivity contribution >= 4 is 5.95 Å². The van der Waals surface area contributed by atoms with Crippen LogP contribution >= 0.6 is 0 Å². The Morgan fingerprint density at radius 1 is 1.44 bits per heavy atom. The number of hydrogen-bond donors (Lipinski definition) is 1. The number of nitrogens with one attached hydrogen (secondary N) is 1. The molecule has 2 heterocycles. The number of piperidine rings is 1. The SMILES string of the molecule is Cn1ccnc1N1CCCC(CNC(C)(C)C)C1. The molecule has 1 unspecified atom stereocenters. The van der Waals surface area contributed by atoms with Crippen molar-refractivity contribution in [2.75, 3.05) is 24.5 Å². The molecule has 0 bridgehead atoms. The molecule has 1 atom stereocenters. The molecule has 0 aromatic carbocycles. The van der Waals surface area contributed by atoms with Gasteiger partial charge in [0.1, 0.15) is 0 Å². The second-order valence-electron chi connectivity index (χ2n) is 6.42. The standard InChI is InChI=1S/C14H26N4/c1-14(2,3)16-10-12-6-5-8-18(11-12)13-15-7-9-17(13)4/h7,9,12,16H,5-6,8,10-11H2,1-4H3. The largest absolute Gasteiger partial charge is 0.342 e. The smallest absolute Gasteiger partial charge is 0.205 e. The van der Waals surface area contributed by atoms with Gasteiger partial charge in [-0.3, -0.25) is 0 Å². The third-order valence-corrected chi connectivity index (χ3v) is 3.52. The fourth-order valence-electron chi connectivity index (χ4n) is 2.53. The minimum Gasteiger partial charge on any atom is -0.342 e. The van der Waals surface area contributed by atoms with E-state index >= 15 is 0 Å². The first-order valence-electron chi connectivity index (χ1n) is 6.93. The van der Waals surface area contributed by atoms with Crippen molar-refractivity contribution in [2.45, 2.75) is 39.2 Å². The lowest BCUT2D eigenvalue weighted by atomic mass is 9.97. The second kappa shape index (κ2) is 5.31. The molecule has 1 N–H and O–H groups in total. The zero-order valence-electron chi connectivity index (χ0n) is 12.1. The Morgan fingerprint density at radius 2 is 2.22 bits per heavy atom. The highest BCUT2D eigenvalue weighted by Crippen LogP contribution is 2.21. The van der Waals surface area contributed by atoms with Crippen LogP contribution < -0.4 is 10.2 Å². The van der Waals surface area contributed by atoms with E-state index in [1.807, 2.05) is 12.4 Å². The molecule has 1 fully saturated rings. The van der Waals surface area contributed by atoms with E-state index in [4.69, 9.17) is 0 Å². The molecule has 102 valence electrons. The molecule has 0 radical (unpaired) electrons. The van der Waals surface area contributed by atoms with Crippen LogP contribution in [0.5, 0.6) is 0 Å². The molecule has 4 nitrogen and oxygen atoms in total. The number of rotatable bonds is 3. The predicted octanol–water partition coefficient (Wildman–Crippen LogP) is 2.02. The average Bonchev–Trinajstić information content (AvgIpc) is 2.72. The number of anilines is 1. The molecule has 1 aromatic rings. The van der Waals surface area contributed by atoms with E-state index in [0.29, 0.717) is 0 Å². The summed E-state index contributed by atoms with van der Waals surface area (Å²) in [4.78, 5) is 6.87. The molecule has 0 spiro atoms. The Balaban J connectivity index is 1.91. The molecule has 18 heavy (non-hydrogen) atoms. The highest BCUT2D eigenvalue weighted by Gasteiger charge is 2.23. The molecule has 1 saturated heterocycles. The van der Waals surface area contributed by atoms with Crippen LogP contribution in [0.3, 0.4) is 0 Å². The van der Waals surface area contributed by atoms with Crippen molar-refractivity contribution in [3.05, 3.63) is 12.4 Å². The van der Waals surface area contributed by atoms with Crippen LogP contribution in [0.15, 0.2) is 12.4 Å². The van der Waals surface area contributed by atoms with Gasteiger partial charge in [-0.2, -0.15) is 0 Å². The van der Waals surface area contributed by atoms with Gasteiger partial charge < -0.3 is 14.8 Å². The number of imidazole rings is 1. The molecule has 0 amide bonds. The Labute approximate surface area is 110 Å². The van der Waals surface area contributed by atoms with Gasteiger partial charge in [-0.15, -0.1) is 0 Å². The number of aryl methyl sites for hydroxylation is 1. The summed E-state index contributed by atoms with van der Waals surface area (Å²) in [5.41, 5.74) is 0.214. The van der Waals surface area contributed by atoms with E-state index in [1.165, 1.54) is 12.8 Å². The third kappa shape index (κ3) is 3.48. The van der Waals surface area contributed by atoms with Crippen LogP contribution in [0.1, 0.15) is 33.6 Å². The Bertz CT molecular complexity index is 377. The normalized spacial score (nSPS) is 21.3. The van der Waals surface area contributed by atoms with E-state index in [2.05, 4.69) is 47.6 Å². The average molecular weight is 250 g/mol. The molecular formula is C14H26N4. The summed E-state index contributed by atoms with van der Waals surface area (Å²) < 4.78 is 2.11. The van der Waals surface area contributed by atoms with Gasteiger partial charge in [-0.1, -0.05) is 0 Å². The van der Waals surface area contributed by atoms with Gasteiger partial charge in [0.15, 0.2) is 0 Å². The highest BCUT2D eigenvalue weighted by molar-refractivity contribution is 5.31. The Morgan fingerprint density at radius 3 is 2.83 bits per heavy atom. The third-order valence-electron chi connectivity index (χ3n) is 3.52. The molecular weight excluding hydrogens is 224 g/mol. The summed E-state index contributed by atoms with van der Waals surface area (Å²) >= 11 is 0. The number of aromatic nitrogens is 2. The highest BCUT2D eigenvalue weighted by atomic mass is 15.3.